The lowest BCUT2D eigenvalue weighted by Gasteiger charge is -2.28. The Hall–Kier alpha value is -15.3. The normalized spacial score (nSPS) is 13.6. The summed E-state index contributed by atoms with van der Waals surface area (Å²) >= 11 is 0. The van der Waals surface area contributed by atoms with Crippen LogP contribution >= 0.6 is 0 Å². The number of fused-ring (bicyclic) bond motifs is 4. The van der Waals surface area contributed by atoms with Gasteiger partial charge in [0.05, 0.1) is 60.8 Å². The number of carbonyl (C=O) groups is 2. The minimum atomic E-state index is -0.281. The standard InChI is InChI=1S/2C29H31N5.2C25H22FN5O2/c2*1-18(2)26-9-7-8-10-27(26)28-30-17-24-16-20(4)33(29(24)31-28)22(6)23-11-13-25(14-12-23)34-21(5)15-19(3)32-34;1-14(2)22-19(5-4-6-20(22)26)23-27-12-18-11-21(32)31(24(18)28-23)13-16-7-9-17(10-8-16)25-30-29-15(3)33-25;1-14(2)22-19(5-4-6-20(22)26)24-27-12-18-11-21(32)31(25(18)29-24)13-16-7-9-17(10-8-16)23-28-15(3)33-30-23/h2*7-15,17-18,22H,4,16H2,1-3,5-6H3;2*4-10,12,14H,11,13H2,1-3H3/t2*22-;;/m10../s1. The minimum absolute atomic E-state index is 0.0303. The van der Waals surface area contributed by atoms with Gasteiger partial charge in [0.25, 0.3) is 0 Å². The predicted octanol–water partition coefficient (Wildman–Crippen LogP) is 23.1. The van der Waals surface area contributed by atoms with Crippen molar-refractivity contribution in [1.82, 2.24) is 79.8 Å². The third kappa shape index (κ3) is 18.7. The number of halogens is 2. The van der Waals surface area contributed by atoms with Crippen molar-refractivity contribution in [2.45, 2.75) is 185 Å². The zero-order valence-corrected chi connectivity index (χ0v) is 78.2. The number of hydrogen-bond acceptors (Lipinski definition) is 20. The molecule has 0 N–H and O–H groups in total. The van der Waals surface area contributed by atoms with E-state index in [9.17, 15) is 18.4 Å². The van der Waals surface area contributed by atoms with Gasteiger partial charge in [0.2, 0.25) is 35.3 Å². The van der Waals surface area contributed by atoms with Crippen LogP contribution in [-0.2, 0) is 48.4 Å². The van der Waals surface area contributed by atoms with Gasteiger partial charge in [-0.1, -0.05) is 207 Å². The number of aryl methyl sites for hydroxylation is 6. The second-order valence-electron chi connectivity index (χ2n) is 35.8. The monoisotopic (exact) mass is 1780 g/mol. The average molecular weight is 1790 g/mol. The fourth-order valence-corrected chi connectivity index (χ4v) is 18.0. The first-order chi connectivity index (χ1) is 64.5. The summed E-state index contributed by atoms with van der Waals surface area (Å²) in [5, 5.41) is 21.0. The van der Waals surface area contributed by atoms with Crippen LogP contribution in [0, 0.1) is 53.2 Å². The first kappa shape index (κ1) is 90.6. The number of allylic oxidation sites excluding steroid dienone is 2. The van der Waals surface area contributed by atoms with E-state index in [4.69, 9.17) is 38.8 Å². The number of amides is 2. The van der Waals surface area contributed by atoms with Gasteiger partial charge in [-0.25, -0.2) is 58.0 Å². The molecular formula is C108H106F2N20O4. The van der Waals surface area contributed by atoms with Crippen molar-refractivity contribution in [3.63, 3.8) is 0 Å². The molecule has 16 aromatic rings. The second-order valence-corrected chi connectivity index (χ2v) is 35.8. The molecule has 0 saturated heterocycles. The third-order valence-corrected chi connectivity index (χ3v) is 24.7. The highest BCUT2D eigenvalue weighted by molar-refractivity contribution is 6.01. The second kappa shape index (κ2) is 38.2. The summed E-state index contributed by atoms with van der Waals surface area (Å²) in [7, 11) is 0. The number of rotatable bonds is 20. The highest BCUT2D eigenvalue weighted by Gasteiger charge is 2.36. The van der Waals surface area contributed by atoms with Gasteiger partial charge in [-0.2, -0.15) is 15.2 Å². The van der Waals surface area contributed by atoms with Crippen molar-refractivity contribution in [2.75, 3.05) is 19.6 Å². The zero-order chi connectivity index (χ0) is 94.2. The third-order valence-electron chi connectivity index (χ3n) is 24.7. The number of hydrogen-bond donors (Lipinski definition) is 0. The number of benzene rings is 8. The van der Waals surface area contributed by atoms with E-state index in [1.54, 1.807) is 48.2 Å². The van der Waals surface area contributed by atoms with Crippen molar-refractivity contribution in [3.05, 3.63) is 356 Å². The highest BCUT2D eigenvalue weighted by atomic mass is 19.1. The van der Waals surface area contributed by atoms with Gasteiger partial charge in [-0.3, -0.25) is 19.4 Å². The Bertz CT molecular complexity index is 6690. The Morgan fingerprint density at radius 2 is 0.769 bits per heavy atom. The molecule has 0 saturated carbocycles. The summed E-state index contributed by atoms with van der Waals surface area (Å²) in [6, 6.07) is 63.6. The molecule has 12 heterocycles. The maximum atomic E-state index is 14.5. The van der Waals surface area contributed by atoms with E-state index in [0.29, 0.717) is 94.0 Å². The van der Waals surface area contributed by atoms with E-state index in [2.05, 4.69) is 228 Å². The van der Waals surface area contributed by atoms with Crippen molar-refractivity contribution >= 4 is 35.1 Å². The van der Waals surface area contributed by atoms with Gasteiger partial charge >= 0.3 is 0 Å². The largest absolute Gasteiger partial charge is 0.421 e. The van der Waals surface area contributed by atoms with Crippen molar-refractivity contribution in [1.29, 1.82) is 0 Å². The summed E-state index contributed by atoms with van der Waals surface area (Å²) in [6.07, 6.45) is 9.32. The van der Waals surface area contributed by atoms with E-state index >= 15 is 0 Å². The Labute approximate surface area is 778 Å². The van der Waals surface area contributed by atoms with E-state index in [1.165, 1.54) is 34.4 Å². The van der Waals surface area contributed by atoms with Crippen molar-refractivity contribution in [3.8, 4) is 79.8 Å². The summed E-state index contributed by atoms with van der Waals surface area (Å²) in [6.45, 7) is 42.1. The molecule has 0 spiro atoms. The SMILES string of the molecule is C=C1Cc2cnc(-c3ccccc3C(C)C)nc2N1[C@@H](C)c1ccc(-n2nc(C)cc2C)cc1.C=C1Cc2cnc(-c3ccccc3C(C)C)nc2N1[C@H](C)c1ccc(-n2nc(C)cc2C)cc1.Cc1nc(-c2ccc(CN3C(=O)Cc4cnc(-c5cccc(F)c5C(C)C)nc43)cc2)no1.Cc1nnc(-c2ccc(CN3C(=O)Cc4cnc(-c5cccc(F)c5C(C)C)nc43)cc2)o1. The molecule has 26 heteroatoms. The van der Waals surface area contributed by atoms with Gasteiger partial charge < -0.3 is 18.7 Å². The minimum Gasteiger partial charge on any atom is -0.421 e. The van der Waals surface area contributed by atoms with Crippen LogP contribution in [0.25, 0.3) is 79.8 Å². The molecule has 8 aromatic carbocycles. The number of nitrogens with zero attached hydrogens (tertiary/aromatic N) is 20. The Kier molecular flexibility index (Phi) is 25.8. The Morgan fingerprint density at radius 1 is 0.388 bits per heavy atom. The Morgan fingerprint density at radius 3 is 1.13 bits per heavy atom. The van der Waals surface area contributed by atoms with Gasteiger partial charge in [0.15, 0.2) is 23.3 Å². The summed E-state index contributed by atoms with van der Waals surface area (Å²) in [4.78, 5) is 75.5. The maximum Gasteiger partial charge on any atom is 0.247 e. The average Bonchev–Trinajstić information content (AvgIpc) is 1.68. The molecule has 8 aromatic heterocycles. The van der Waals surface area contributed by atoms with Crippen LogP contribution in [-0.4, -0.2) is 91.6 Å². The van der Waals surface area contributed by atoms with Crippen LogP contribution in [0.3, 0.4) is 0 Å². The number of carbonyl (C=O) groups excluding carboxylic acids is 2. The molecule has 4 aliphatic rings. The van der Waals surface area contributed by atoms with Gasteiger partial charge in [-0.05, 0) is 159 Å². The molecule has 676 valence electrons. The zero-order valence-electron chi connectivity index (χ0n) is 78.2. The molecule has 0 unspecified atom stereocenters. The van der Waals surface area contributed by atoms with Gasteiger partial charge in [-0.15, -0.1) is 10.2 Å². The lowest BCUT2D eigenvalue weighted by Crippen LogP contribution is -2.26. The first-order valence-corrected chi connectivity index (χ1v) is 45.3. The smallest absolute Gasteiger partial charge is 0.247 e. The molecule has 0 bridgehead atoms. The van der Waals surface area contributed by atoms with E-state index in [1.807, 2.05) is 124 Å². The van der Waals surface area contributed by atoms with Crippen LogP contribution < -0.4 is 19.6 Å². The van der Waals surface area contributed by atoms with E-state index in [-0.39, 0.29) is 60.2 Å². The van der Waals surface area contributed by atoms with Crippen molar-refractivity contribution < 1.29 is 27.3 Å². The fourth-order valence-electron chi connectivity index (χ4n) is 18.0. The molecular weight excluding hydrogens is 1680 g/mol. The Balaban J connectivity index is 0.000000124. The number of anilines is 4. The summed E-state index contributed by atoms with van der Waals surface area (Å²) < 4.78 is 43.5. The molecule has 2 atom stereocenters. The molecule has 0 fully saturated rings. The maximum absolute atomic E-state index is 14.5. The van der Waals surface area contributed by atoms with Gasteiger partial charge in [0, 0.05) is 141 Å². The molecule has 24 nitrogen and oxygen atoms in total. The fraction of sp³-hybridized carbons (Fsp3) is 0.259. The van der Waals surface area contributed by atoms with Crippen LogP contribution in [0.4, 0.5) is 32.1 Å². The quantitative estimate of drug-likeness (QED) is 0.0686. The molecule has 0 aliphatic carbocycles. The summed E-state index contributed by atoms with van der Waals surface area (Å²) in [5.74, 6) is 7.52. The van der Waals surface area contributed by atoms with Crippen LogP contribution in [0.15, 0.2) is 252 Å². The van der Waals surface area contributed by atoms with Crippen molar-refractivity contribution in [2.24, 2.45) is 0 Å². The highest BCUT2D eigenvalue weighted by Crippen LogP contribution is 2.45. The lowest BCUT2D eigenvalue weighted by molar-refractivity contribution is -0.118. The summed E-state index contributed by atoms with van der Waals surface area (Å²) in [5.41, 5.74) is 25.4. The topological polar surface area (TPSA) is 264 Å². The molecule has 4 aliphatic heterocycles. The van der Waals surface area contributed by atoms with E-state index < -0.39 is 0 Å². The van der Waals surface area contributed by atoms with Crippen LogP contribution in [0.5, 0.6) is 0 Å². The predicted molar refractivity (Wildman–Crippen MR) is 518 cm³/mol. The van der Waals surface area contributed by atoms with Crippen LogP contribution in [0.2, 0.25) is 0 Å². The molecule has 134 heavy (non-hydrogen) atoms. The molecule has 20 rings (SSSR count). The number of aromatic nitrogens is 16. The first-order valence-electron chi connectivity index (χ1n) is 45.3. The molecule has 0 radical (unpaired) electrons. The van der Waals surface area contributed by atoms with E-state index in [0.717, 1.165) is 137 Å². The lowest BCUT2D eigenvalue weighted by atomic mass is 9.96. The van der Waals surface area contributed by atoms with Crippen LogP contribution in [0.1, 0.15) is 206 Å². The van der Waals surface area contributed by atoms with Gasteiger partial charge in [0.1, 0.15) is 34.9 Å². The molecule has 2 amide bonds.